The highest BCUT2D eigenvalue weighted by molar-refractivity contribution is 6.33. The maximum absolute atomic E-state index is 6.24. The lowest BCUT2D eigenvalue weighted by Gasteiger charge is -2.18. The summed E-state index contributed by atoms with van der Waals surface area (Å²) in [6.07, 6.45) is 2.15. The van der Waals surface area contributed by atoms with Crippen molar-refractivity contribution in [3.63, 3.8) is 0 Å². The molecule has 2 unspecified atom stereocenters. The normalized spacial score (nSPS) is 14.2. The molecule has 0 fully saturated rings. The van der Waals surface area contributed by atoms with Crippen molar-refractivity contribution >= 4 is 17.3 Å². The Morgan fingerprint density at radius 2 is 2.10 bits per heavy atom. The summed E-state index contributed by atoms with van der Waals surface area (Å²) < 4.78 is 1.81. The van der Waals surface area contributed by atoms with Crippen molar-refractivity contribution in [3.05, 3.63) is 23.2 Å². The van der Waals surface area contributed by atoms with Gasteiger partial charge in [0.15, 0.2) is 5.82 Å². The molecule has 0 saturated carbocycles. The third kappa shape index (κ3) is 2.93. The van der Waals surface area contributed by atoms with Crippen molar-refractivity contribution in [1.82, 2.24) is 20.2 Å². The first kappa shape index (κ1) is 14.8. The lowest BCUT2D eigenvalue weighted by atomic mass is 10.0. The molecule has 2 aromatic rings. The zero-order chi connectivity index (χ0) is 14.7. The van der Waals surface area contributed by atoms with Crippen LogP contribution in [0.4, 0.5) is 5.69 Å². The molecule has 6 heteroatoms. The number of nitrogen functional groups attached to an aromatic ring is 1. The molecule has 108 valence electrons. The first-order chi connectivity index (χ1) is 9.54. The van der Waals surface area contributed by atoms with E-state index in [1.807, 2.05) is 10.7 Å². The van der Waals surface area contributed by atoms with Gasteiger partial charge in [0, 0.05) is 5.69 Å². The minimum Gasteiger partial charge on any atom is -0.398 e. The predicted octanol–water partition coefficient (Wildman–Crippen LogP) is 3.57. The van der Waals surface area contributed by atoms with E-state index in [1.165, 1.54) is 0 Å². The maximum Gasteiger partial charge on any atom is 0.185 e. The molecule has 0 amide bonds. The monoisotopic (exact) mass is 293 g/mol. The second-order valence-corrected chi connectivity index (χ2v) is 5.66. The van der Waals surface area contributed by atoms with Crippen LogP contribution in [0, 0.1) is 5.92 Å². The summed E-state index contributed by atoms with van der Waals surface area (Å²) in [7, 11) is 0. The van der Waals surface area contributed by atoms with Crippen LogP contribution in [0.2, 0.25) is 5.02 Å². The van der Waals surface area contributed by atoms with Gasteiger partial charge in [-0.25, -0.2) is 4.68 Å². The minimum atomic E-state index is 0.200. The summed E-state index contributed by atoms with van der Waals surface area (Å²) in [6, 6.07) is 5.62. The minimum absolute atomic E-state index is 0.200. The van der Waals surface area contributed by atoms with E-state index in [0.717, 1.165) is 12.8 Å². The molecular formula is C14H20ClN5. The van der Waals surface area contributed by atoms with Crippen LogP contribution in [0.3, 0.4) is 0 Å². The molecular weight excluding hydrogens is 274 g/mol. The van der Waals surface area contributed by atoms with Crippen molar-refractivity contribution < 1.29 is 0 Å². The van der Waals surface area contributed by atoms with E-state index in [1.54, 1.807) is 12.1 Å². The first-order valence-electron chi connectivity index (χ1n) is 6.86. The third-order valence-electron chi connectivity index (χ3n) is 3.62. The maximum atomic E-state index is 6.24. The SMILES string of the molecule is CCC(C)CC(C)n1nnnc1-c1c(N)cccc1Cl. The van der Waals surface area contributed by atoms with Gasteiger partial charge in [-0.3, -0.25) is 0 Å². The number of benzene rings is 1. The number of rotatable bonds is 5. The van der Waals surface area contributed by atoms with Crippen LogP contribution in [-0.2, 0) is 0 Å². The number of nitrogens with two attached hydrogens (primary N) is 1. The van der Waals surface area contributed by atoms with E-state index >= 15 is 0 Å². The van der Waals surface area contributed by atoms with Crippen LogP contribution >= 0.6 is 11.6 Å². The Morgan fingerprint density at radius 3 is 2.75 bits per heavy atom. The fourth-order valence-electron chi connectivity index (χ4n) is 2.28. The van der Waals surface area contributed by atoms with Gasteiger partial charge < -0.3 is 5.73 Å². The fourth-order valence-corrected chi connectivity index (χ4v) is 2.55. The van der Waals surface area contributed by atoms with Crippen LogP contribution in [-0.4, -0.2) is 20.2 Å². The Hall–Kier alpha value is -1.62. The van der Waals surface area contributed by atoms with E-state index < -0.39 is 0 Å². The Kier molecular flexibility index (Phi) is 4.60. The Labute approximate surface area is 124 Å². The molecule has 0 aliphatic rings. The molecule has 2 N–H and O–H groups in total. The van der Waals surface area contributed by atoms with Gasteiger partial charge >= 0.3 is 0 Å². The van der Waals surface area contributed by atoms with Crippen molar-refractivity contribution in [1.29, 1.82) is 0 Å². The number of hydrogen-bond acceptors (Lipinski definition) is 4. The summed E-state index contributed by atoms with van der Waals surface area (Å²) in [5, 5.41) is 12.6. The highest BCUT2D eigenvalue weighted by Crippen LogP contribution is 2.33. The second kappa shape index (κ2) is 6.22. The lowest BCUT2D eigenvalue weighted by molar-refractivity contribution is 0.371. The van der Waals surface area contributed by atoms with E-state index in [2.05, 4.69) is 36.3 Å². The molecule has 0 aliphatic heterocycles. The third-order valence-corrected chi connectivity index (χ3v) is 3.94. The molecule has 0 saturated heterocycles. The second-order valence-electron chi connectivity index (χ2n) is 5.25. The highest BCUT2D eigenvalue weighted by atomic mass is 35.5. The molecule has 0 spiro atoms. The van der Waals surface area contributed by atoms with Crippen LogP contribution in [0.25, 0.3) is 11.4 Å². The topological polar surface area (TPSA) is 69.6 Å². The summed E-state index contributed by atoms with van der Waals surface area (Å²) in [5.74, 6) is 1.24. The number of tetrazole rings is 1. The Balaban J connectivity index is 2.38. The van der Waals surface area contributed by atoms with Gasteiger partial charge in [0.1, 0.15) is 0 Å². The zero-order valence-electron chi connectivity index (χ0n) is 12.0. The number of aromatic nitrogens is 4. The van der Waals surface area contributed by atoms with Crippen molar-refractivity contribution in [2.24, 2.45) is 5.92 Å². The Bertz CT molecular complexity index is 560. The van der Waals surface area contributed by atoms with E-state index in [9.17, 15) is 0 Å². The standard InChI is InChI=1S/C14H20ClN5/c1-4-9(2)8-10(3)20-14(17-18-19-20)13-11(15)6-5-7-12(13)16/h5-7,9-10H,4,8,16H2,1-3H3. The number of halogens is 1. The fraction of sp³-hybridized carbons (Fsp3) is 0.500. The van der Waals surface area contributed by atoms with Gasteiger partial charge in [0.2, 0.25) is 0 Å². The number of hydrogen-bond donors (Lipinski definition) is 1. The van der Waals surface area contributed by atoms with E-state index in [4.69, 9.17) is 17.3 Å². The molecule has 1 heterocycles. The van der Waals surface area contributed by atoms with Gasteiger partial charge in [0.05, 0.1) is 16.6 Å². The van der Waals surface area contributed by atoms with E-state index in [-0.39, 0.29) is 6.04 Å². The van der Waals surface area contributed by atoms with Crippen LogP contribution in [0.15, 0.2) is 18.2 Å². The summed E-state index contributed by atoms with van der Waals surface area (Å²) >= 11 is 6.24. The van der Waals surface area contributed by atoms with Gasteiger partial charge in [0.25, 0.3) is 0 Å². The number of nitrogens with zero attached hydrogens (tertiary/aromatic N) is 4. The molecule has 2 atom stereocenters. The quantitative estimate of drug-likeness (QED) is 0.856. The van der Waals surface area contributed by atoms with Crippen LogP contribution < -0.4 is 5.73 Å². The van der Waals surface area contributed by atoms with Crippen LogP contribution in [0.5, 0.6) is 0 Å². The van der Waals surface area contributed by atoms with Gasteiger partial charge in [-0.2, -0.15) is 0 Å². The van der Waals surface area contributed by atoms with Gasteiger partial charge in [-0.1, -0.05) is 37.9 Å². The molecule has 2 rings (SSSR count). The lowest BCUT2D eigenvalue weighted by Crippen LogP contribution is -2.13. The predicted molar refractivity (Wildman–Crippen MR) is 81.5 cm³/mol. The Morgan fingerprint density at radius 1 is 1.35 bits per heavy atom. The van der Waals surface area contributed by atoms with Gasteiger partial charge in [-0.15, -0.1) is 5.10 Å². The zero-order valence-corrected chi connectivity index (χ0v) is 12.8. The molecule has 0 bridgehead atoms. The summed E-state index contributed by atoms with van der Waals surface area (Å²) in [6.45, 7) is 6.52. The average Bonchev–Trinajstić information content (AvgIpc) is 2.87. The van der Waals surface area contributed by atoms with E-state index in [0.29, 0.717) is 28.0 Å². The summed E-state index contributed by atoms with van der Waals surface area (Å²) in [5.41, 5.74) is 7.31. The molecule has 20 heavy (non-hydrogen) atoms. The first-order valence-corrected chi connectivity index (χ1v) is 7.24. The van der Waals surface area contributed by atoms with Gasteiger partial charge in [-0.05, 0) is 41.8 Å². The van der Waals surface area contributed by atoms with Crippen molar-refractivity contribution in [2.45, 2.75) is 39.7 Å². The molecule has 1 aromatic heterocycles. The molecule has 0 aliphatic carbocycles. The summed E-state index contributed by atoms with van der Waals surface area (Å²) in [4.78, 5) is 0. The smallest absolute Gasteiger partial charge is 0.185 e. The highest BCUT2D eigenvalue weighted by Gasteiger charge is 2.20. The largest absolute Gasteiger partial charge is 0.398 e. The van der Waals surface area contributed by atoms with Crippen LogP contribution in [0.1, 0.15) is 39.7 Å². The molecule has 1 aromatic carbocycles. The molecule has 0 radical (unpaired) electrons. The number of anilines is 1. The van der Waals surface area contributed by atoms with Crippen molar-refractivity contribution in [3.8, 4) is 11.4 Å². The molecule has 5 nitrogen and oxygen atoms in total. The average molecular weight is 294 g/mol. The van der Waals surface area contributed by atoms with Crippen molar-refractivity contribution in [2.75, 3.05) is 5.73 Å².